The summed E-state index contributed by atoms with van der Waals surface area (Å²) in [6.45, 7) is 5.23. The molecule has 0 unspecified atom stereocenters. The summed E-state index contributed by atoms with van der Waals surface area (Å²) in [6.07, 6.45) is 2.99. The van der Waals surface area contributed by atoms with E-state index in [1.807, 2.05) is 11.8 Å². The van der Waals surface area contributed by atoms with Crippen LogP contribution in [0.15, 0.2) is 18.5 Å². The quantitative estimate of drug-likeness (QED) is 0.769. The van der Waals surface area contributed by atoms with Gasteiger partial charge in [0.05, 0.1) is 6.20 Å². The lowest BCUT2D eigenvalue weighted by Crippen LogP contribution is -2.36. The molecule has 0 aromatic carbocycles. The molecular weight excluding hydrogens is 211 g/mol. The maximum atomic E-state index is 12.9. The molecule has 4 heteroatoms. The van der Waals surface area contributed by atoms with Gasteiger partial charge in [0.1, 0.15) is 5.82 Å². The molecule has 0 amide bonds. The topological polar surface area (TPSA) is 16.1 Å². The Labute approximate surface area is 93.9 Å². The van der Waals surface area contributed by atoms with Crippen molar-refractivity contribution in [3.8, 4) is 0 Å². The third-order valence-corrected chi connectivity index (χ3v) is 3.63. The zero-order valence-corrected chi connectivity index (χ0v) is 9.63. The fourth-order valence-electron chi connectivity index (χ4n) is 1.83. The van der Waals surface area contributed by atoms with Crippen molar-refractivity contribution in [1.82, 2.24) is 9.88 Å². The van der Waals surface area contributed by atoms with Crippen LogP contribution in [0.5, 0.6) is 0 Å². The number of rotatable bonds is 2. The van der Waals surface area contributed by atoms with Crippen LogP contribution in [-0.2, 0) is 6.54 Å². The van der Waals surface area contributed by atoms with Gasteiger partial charge in [-0.05, 0) is 11.6 Å². The van der Waals surface area contributed by atoms with E-state index in [-0.39, 0.29) is 5.82 Å². The van der Waals surface area contributed by atoms with E-state index in [1.54, 1.807) is 12.3 Å². The number of halogens is 1. The van der Waals surface area contributed by atoms with Gasteiger partial charge < -0.3 is 0 Å². The van der Waals surface area contributed by atoms with Crippen molar-refractivity contribution < 1.29 is 4.39 Å². The van der Waals surface area contributed by atoms with Crippen LogP contribution in [0.1, 0.15) is 12.5 Å². The molecule has 15 heavy (non-hydrogen) atoms. The van der Waals surface area contributed by atoms with E-state index in [0.717, 1.165) is 25.2 Å². The second-order valence-corrected chi connectivity index (χ2v) is 5.47. The van der Waals surface area contributed by atoms with E-state index in [0.29, 0.717) is 5.25 Å². The van der Waals surface area contributed by atoms with Crippen LogP contribution in [0.4, 0.5) is 4.39 Å². The Morgan fingerprint density at radius 2 is 2.47 bits per heavy atom. The molecule has 1 aromatic rings. The van der Waals surface area contributed by atoms with Gasteiger partial charge in [0, 0.05) is 36.8 Å². The molecule has 0 N–H and O–H groups in total. The third kappa shape index (κ3) is 3.18. The van der Waals surface area contributed by atoms with E-state index in [9.17, 15) is 4.39 Å². The molecule has 1 saturated heterocycles. The van der Waals surface area contributed by atoms with Gasteiger partial charge in [0.2, 0.25) is 0 Å². The highest BCUT2D eigenvalue weighted by molar-refractivity contribution is 7.99. The molecule has 2 nitrogen and oxygen atoms in total. The lowest BCUT2D eigenvalue weighted by molar-refractivity contribution is 0.277. The van der Waals surface area contributed by atoms with Crippen LogP contribution in [0, 0.1) is 5.82 Å². The Morgan fingerprint density at radius 1 is 1.60 bits per heavy atom. The SMILES string of the molecule is C[C@H]1CN(Cc2cncc(F)c2)CCS1. The van der Waals surface area contributed by atoms with Crippen LogP contribution in [0.3, 0.4) is 0 Å². The number of pyridine rings is 1. The maximum absolute atomic E-state index is 12.9. The molecule has 1 aliphatic heterocycles. The summed E-state index contributed by atoms with van der Waals surface area (Å²) in [4.78, 5) is 6.22. The number of hydrogen-bond donors (Lipinski definition) is 0. The second-order valence-electron chi connectivity index (χ2n) is 3.93. The molecule has 0 spiro atoms. The normalized spacial score (nSPS) is 22.9. The van der Waals surface area contributed by atoms with Gasteiger partial charge >= 0.3 is 0 Å². The van der Waals surface area contributed by atoms with Crippen LogP contribution in [-0.4, -0.2) is 34.0 Å². The zero-order valence-electron chi connectivity index (χ0n) is 8.82. The predicted octanol–water partition coefficient (Wildman–Crippen LogP) is 2.16. The average molecular weight is 226 g/mol. The van der Waals surface area contributed by atoms with E-state index in [4.69, 9.17) is 0 Å². The fraction of sp³-hybridized carbons (Fsp3) is 0.545. The van der Waals surface area contributed by atoms with Gasteiger partial charge in [-0.25, -0.2) is 4.39 Å². The predicted molar refractivity (Wildman–Crippen MR) is 61.4 cm³/mol. The molecule has 1 aliphatic rings. The van der Waals surface area contributed by atoms with E-state index in [2.05, 4.69) is 16.8 Å². The van der Waals surface area contributed by atoms with Gasteiger partial charge in [0.15, 0.2) is 0 Å². The lowest BCUT2D eigenvalue weighted by Gasteiger charge is -2.30. The Balaban J connectivity index is 1.96. The smallest absolute Gasteiger partial charge is 0.141 e. The summed E-state index contributed by atoms with van der Waals surface area (Å²) in [7, 11) is 0. The van der Waals surface area contributed by atoms with E-state index < -0.39 is 0 Å². The van der Waals surface area contributed by atoms with Crippen LogP contribution < -0.4 is 0 Å². The minimum atomic E-state index is -0.244. The highest BCUT2D eigenvalue weighted by Gasteiger charge is 2.16. The second kappa shape index (κ2) is 4.94. The lowest BCUT2D eigenvalue weighted by atomic mass is 10.2. The highest BCUT2D eigenvalue weighted by Crippen LogP contribution is 2.19. The van der Waals surface area contributed by atoms with Crippen molar-refractivity contribution in [2.45, 2.75) is 18.7 Å². The standard InChI is InChI=1S/C11H15FN2S/c1-9-7-14(2-3-15-9)8-10-4-11(12)6-13-5-10/h4-6,9H,2-3,7-8H2,1H3/t9-/m0/s1. The van der Waals surface area contributed by atoms with Crippen molar-refractivity contribution in [2.24, 2.45) is 0 Å². The molecular formula is C11H15FN2S. The zero-order chi connectivity index (χ0) is 10.7. The Bertz CT molecular complexity index is 332. The van der Waals surface area contributed by atoms with Gasteiger partial charge in [-0.1, -0.05) is 6.92 Å². The van der Waals surface area contributed by atoms with E-state index in [1.165, 1.54) is 11.9 Å². The van der Waals surface area contributed by atoms with Gasteiger partial charge in [-0.2, -0.15) is 11.8 Å². The van der Waals surface area contributed by atoms with Crippen molar-refractivity contribution in [3.63, 3.8) is 0 Å². The summed E-state index contributed by atoms with van der Waals surface area (Å²) < 4.78 is 12.9. The van der Waals surface area contributed by atoms with Crippen molar-refractivity contribution in [1.29, 1.82) is 0 Å². The fourth-order valence-corrected chi connectivity index (χ4v) is 2.92. The molecule has 0 bridgehead atoms. The first-order valence-electron chi connectivity index (χ1n) is 5.17. The molecule has 2 rings (SSSR count). The minimum absolute atomic E-state index is 0.244. The molecule has 1 aromatic heterocycles. The summed E-state index contributed by atoms with van der Waals surface area (Å²) >= 11 is 2.00. The van der Waals surface area contributed by atoms with Gasteiger partial charge in [-0.15, -0.1) is 0 Å². The van der Waals surface area contributed by atoms with Crippen molar-refractivity contribution >= 4 is 11.8 Å². The summed E-state index contributed by atoms with van der Waals surface area (Å²) in [6, 6.07) is 1.57. The summed E-state index contributed by atoms with van der Waals surface area (Å²) in [5, 5.41) is 0.681. The van der Waals surface area contributed by atoms with Crippen LogP contribution in [0.2, 0.25) is 0 Å². The Kier molecular flexibility index (Phi) is 3.59. The number of aromatic nitrogens is 1. The van der Waals surface area contributed by atoms with E-state index >= 15 is 0 Å². The first-order chi connectivity index (χ1) is 7.24. The highest BCUT2D eigenvalue weighted by atomic mass is 32.2. The average Bonchev–Trinajstić information content (AvgIpc) is 2.17. The largest absolute Gasteiger partial charge is 0.297 e. The summed E-state index contributed by atoms with van der Waals surface area (Å²) in [5.41, 5.74) is 0.967. The first-order valence-corrected chi connectivity index (χ1v) is 6.22. The van der Waals surface area contributed by atoms with Crippen LogP contribution >= 0.6 is 11.8 Å². The number of hydrogen-bond acceptors (Lipinski definition) is 3. The minimum Gasteiger partial charge on any atom is -0.297 e. The first kappa shape index (κ1) is 10.9. The number of nitrogens with zero attached hydrogens (tertiary/aromatic N) is 2. The molecule has 2 heterocycles. The van der Waals surface area contributed by atoms with Crippen molar-refractivity contribution in [2.75, 3.05) is 18.8 Å². The Hall–Kier alpha value is -0.610. The number of thioether (sulfide) groups is 1. The van der Waals surface area contributed by atoms with Gasteiger partial charge in [-0.3, -0.25) is 9.88 Å². The molecule has 1 fully saturated rings. The molecule has 0 aliphatic carbocycles. The molecule has 82 valence electrons. The molecule has 1 atom stereocenters. The van der Waals surface area contributed by atoms with Crippen LogP contribution in [0.25, 0.3) is 0 Å². The molecule has 0 radical (unpaired) electrons. The third-order valence-electron chi connectivity index (χ3n) is 2.49. The summed E-state index contributed by atoms with van der Waals surface area (Å²) in [5.74, 6) is 0.927. The molecule has 0 saturated carbocycles. The Morgan fingerprint density at radius 3 is 3.20 bits per heavy atom. The monoisotopic (exact) mass is 226 g/mol. The maximum Gasteiger partial charge on any atom is 0.141 e. The van der Waals surface area contributed by atoms with Crippen molar-refractivity contribution in [3.05, 3.63) is 29.8 Å². The van der Waals surface area contributed by atoms with Gasteiger partial charge in [0.25, 0.3) is 0 Å².